The smallest absolute Gasteiger partial charge is 0.213 e. The Morgan fingerprint density at radius 3 is 3.00 bits per heavy atom. The molecule has 0 radical (unpaired) electrons. The average Bonchev–Trinajstić information content (AvgIpc) is 2.58. The number of hydrogen-bond donors (Lipinski definition) is 2. The van der Waals surface area contributed by atoms with Crippen LogP contribution in [0.15, 0.2) is 23.3 Å². The van der Waals surface area contributed by atoms with Gasteiger partial charge in [0.15, 0.2) is 5.96 Å². The van der Waals surface area contributed by atoms with Crippen LogP contribution in [0.1, 0.15) is 6.42 Å². The van der Waals surface area contributed by atoms with Crippen LogP contribution in [0.5, 0.6) is 5.88 Å². The van der Waals surface area contributed by atoms with Crippen molar-refractivity contribution < 1.29 is 9.47 Å². The zero-order valence-corrected chi connectivity index (χ0v) is 14.0. The zero-order chi connectivity index (χ0) is 16.3. The van der Waals surface area contributed by atoms with Crippen LogP contribution in [-0.2, 0) is 4.74 Å². The van der Waals surface area contributed by atoms with Gasteiger partial charge in [0.05, 0.1) is 24.8 Å². The van der Waals surface area contributed by atoms with Gasteiger partial charge in [-0.1, -0.05) is 11.6 Å². The second-order valence-electron chi connectivity index (χ2n) is 5.16. The Hall–Kier alpha value is -1.57. The van der Waals surface area contributed by atoms with E-state index in [2.05, 4.69) is 20.2 Å². The average molecular weight is 342 g/mol. The molecule has 0 spiro atoms. The molecular weight excluding hydrogens is 318 g/mol. The second kappa shape index (κ2) is 10.3. The molecule has 23 heavy (non-hydrogen) atoms. The summed E-state index contributed by atoms with van der Waals surface area (Å²) in [5.74, 6) is 0.983. The van der Waals surface area contributed by atoms with E-state index in [9.17, 15) is 0 Å². The third-order valence-corrected chi connectivity index (χ3v) is 3.60. The minimum Gasteiger partial charge on any atom is -0.476 e. The monoisotopic (exact) mass is 341 g/mol. The lowest BCUT2D eigenvalue weighted by atomic mass is 10.3. The molecule has 0 aliphatic carbocycles. The van der Waals surface area contributed by atoms with Gasteiger partial charge in [0, 0.05) is 38.4 Å². The number of pyridine rings is 1. The fraction of sp³-hybridized carbons (Fsp3) is 0.600. The fourth-order valence-corrected chi connectivity index (χ4v) is 2.27. The maximum atomic E-state index is 5.81. The topological polar surface area (TPSA) is 85.0 Å². The Morgan fingerprint density at radius 2 is 2.26 bits per heavy atom. The Labute approximate surface area is 141 Å². The van der Waals surface area contributed by atoms with E-state index in [1.54, 1.807) is 18.3 Å². The lowest BCUT2D eigenvalue weighted by Gasteiger charge is -2.26. The molecule has 0 atom stereocenters. The number of hydrogen-bond acceptors (Lipinski definition) is 5. The minimum absolute atomic E-state index is 0.444. The molecule has 0 saturated carbocycles. The quantitative estimate of drug-likeness (QED) is 0.412. The van der Waals surface area contributed by atoms with Crippen molar-refractivity contribution in [2.45, 2.75) is 6.42 Å². The normalized spacial score (nSPS) is 16.3. The second-order valence-corrected chi connectivity index (χ2v) is 5.60. The Kier molecular flexibility index (Phi) is 7.92. The number of nitrogens with one attached hydrogen (secondary N) is 1. The number of nitrogens with two attached hydrogens (primary N) is 1. The van der Waals surface area contributed by atoms with Gasteiger partial charge in [-0.15, -0.1) is 0 Å². The molecule has 2 heterocycles. The van der Waals surface area contributed by atoms with Gasteiger partial charge >= 0.3 is 0 Å². The van der Waals surface area contributed by atoms with Crippen LogP contribution >= 0.6 is 11.6 Å². The van der Waals surface area contributed by atoms with Crippen molar-refractivity contribution in [2.24, 2.45) is 10.7 Å². The summed E-state index contributed by atoms with van der Waals surface area (Å²) in [6.07, 6.45) is 2.54. The van der Waals surface area contributed by atoms with Crippen molar-refractivity contribution in [3.63, 3.8) is 0 Å². The van der Waals surface area contributed by atoms with Gasteiger partial charge in [-0.05, 0) is 12.5 Å². The lowest BCUT2D eigenvalue weighted by Crippen LogP contribution is -2.37. The summed E-state index contributed by atoms with van der Waals surface area (Å²) >= 11 is 5.75. The van der Waals surface area contributed by atoms with E-state index >= 15 is 0 Å². The molecule has 1 saturated heterocycles. The summed E-state index contributed by atoms with van der Waals surface area (Å²) in [6, 6.07) is 3.47. The zero-order valence-electron chi connectivity index (χ0n) is 13.2. The highest BCUT2D eigenvalue weighted by Crippen LogP contribution is 2.10. The van der Waals surface area contributed by atoms with Crippen molar-refractivity contribution >= 4 is 17.6 Å². The number of ether oxygens (including phenoxy) is 2. The van der Waals surface area contributed by atoms with Crippen LogP contribution < -0.4 is 15.8 Å². The van der Waals surface area contributed by atoms with E-state index < -0.39 is 0 Å². The summed E-state index contributed by atoms with van der Waals surface area (Å²) in [6.45, 7) is 6.45. The van der Waals surface area contributed by atoms with Gasteiger partial charge in [0.2, 0.25) is 5.88 Å². The van der Waals surface area contributed by atoms with Crippen molar-refractivity contribution in [3.8, 4) is 5.88 Å². The van der Waals surface area contributed by atoms with E-state index in [0.717, 1.165) is 45.8 Å². The van der Waals surface area contributed by atoms with Crippen LogP contribution in [0.2, 0.25) is 5.02 Å². The van der Waals surface area contributed by atoms with Crippen LogP contribution in [0.4, 0.5) is 0 Å². The molecule has 7 nitrogen and oxygen atoms in total. The molecule has 2 rings (SSSR count). The number of guanidine groups is 1. The minimum atomic E-state index is 0.444. The first-order chi connectivity index (χ1) is 11.2. The van der Waals surface area contributed by atoms with E-state index in [-0.39, 0.29) is 0 Å². The molecule has 1 fully saturated rings. The van der Waals surface area contributed by atoms with E-state index in [4.69, 9.17) is 26.8 Å². The van der Waals surface area contributed by atoms with Crippen molar-refractivity contribution in [2.75, 3.05) is 52.5 Å². The van der Waals surface area contributed by atoms with Gasteiger partial charge in [-0.3, -0.25) is 9.89 Å². The third-order valence-electron chi connectivity index (χ3n) is 3.38. The number of nitrogens with zero attached hydrogens (tertiary/aromatic N) is 3. The summed E-state index contributed by atoms with van der Waals surface area (Å²) in [4.78, 5) is 10.7. The first-order valence-electron chi connectivity index (χ1n) is 7.82. The van der Waals surface area contributed by atoms with Crippen molar-refractivity contribution in [1.82, 2.24) is 15.2 Å². The van der Waals surface area contributed by atoms with Crippen molar-refractivity contribution in [3.05, 3.63) is 23.4 Å². The maximum absolute atomic E-state index is 5.81. The standard InChI is InChI=1S/C15H24ClN5O2/c16-13-2-3-14(20-12-13)23-9-5-19-15(17)18-4-1-6-21-7-10-22-11-8-21/h2-3,12H,1,4-11H2,(H3,17,18,19). The number of rotatable bonds is 8. The molecular formula is C15H24ClN5O2. The third kappa shape index (κ3) is 7.49. The Morgan fingerprint density at radius 1 is 1.43 bits per heavy atom. The first-order valence-corrected chi connectivity index (χ1v) is 8.20. The molecule has 8 heteroatoms. The fourth-order valence-electron chi connectivity index (χ4n) is 2.16. The largest absolute Gasteiger partial charge is 0.476 e. The molecule has 1 aromatic rings. The predicted octanol–water partition coefficient (Wildman–Crippen LogP) is 0.740. The predicted molar refractivity (Wildman–Crippen MR) is 91.1 cm³/mol. The summed E-state index contributed by atoms with van der Waals surface area (Å²) in [5, 5.41) is 3.60. The Bertz CT molecular complexity index is 477. The number of aliphatic imine (C=N–C) groups is 1. The van der Waals surface area contributed by atoms with Gasteiger partial charge < -0.3 is 20.5 Å². The molecule has 1 aliphatic heterocycles. The van der Waals surface area contributed by atoms with Crippen LogP contribution in [0, 0.1) is 0 Å². The highest BCUT2D eigenvalue weighted by molar-refractivity contribution is 6.30. The van der Waals surface area contributed by atoms with E-state index in [0.29, 0.717) is 30.0 Å². The van der Waals surface area contributed by atoms with Crippen LogP contribution in [0.3, 0.4) is 0 Å². The molecule has 0 amide bonds. The molecule has 128 valence electrons. The summed E-state index contributed by atoms with van der Waals surface area (Å²) in [5.41, 5.74) is 5.81. The SMILES string of the molecule is NC(=NCCCN1CCOCC1)NCCOc1ccc(Cl)cn1. The van der Waals surface area contributed by atoms with Gasteiger partial charge in [0.1, 0.15) is 6.61 Å². The molecule has 1 aliphatic rings. The van der Waals surface area contributed by atoms with Gasteiger partial charge in [0.25, 0.3) is 0 Å². The first kappa shape index (κ1) is 17.8. The van der Waals surface area contributed by atoms with E-state index in [1.165, 1.54) is 0 Å². The van der Waals surface area contributed by atoms with Crippen molar-refractivity contribution in [1.29, 1.82) is 0 Å². The molecule has 3 N–H and O–H groups in total. The van der Waals surface area contributed by atoms with Crippen LogP contribution in [-0.4, -0.2) is 68.4 Å². The lowest BCUT2D eigenvalue weighted by molar-refractivity contribution is 0.0377. The molecule has 0 aromatic carbocycles. The number of morpholine rings is 1. The number of aromatic nitrogens is 1. The van der Waals surface area contributed by atoms with Crippen LogP contribution in [0.25, 0.3) is 0 Å². The van der Waals surface area contributed by atoms with Gasteiger partial charge in [-0.2, -0.15) is 0 Å². The van der Waals surface area contributed by atoms with Gasteiger partial charge in [-0.25, -0.2) is 4.98 Å². The van der Waals surface area contributed by atoms with E-state index in [1.807, 2.05) is 0 Å². The summed E-state index contributed by atoms with van der Waals surface area (Å²) < 4.78 is 10.8. The molecule has 0 bridgehead atoms. The Balaban J connectivity index is 1.51. The number of halogens is 1. The summed E-state index contributed by atoms with van der Waals surface area (Å²) in [7, 11) is 0. The maximum Gasteiger partial charge on any atom is 0.213 e. The molecule has 0 unspecified atom stereocenters. The highest BCUT2D eigenvalue weighted by Gasteiger charge is 2.08. The molecule has 1 aromatic heterocycles. The highest BCUT2D eigenvalue weighted by atomic mass is 35.5.